The van der Waals surface area contributed by atoms with Crippen molar-refractivity contribution in [2.24, 2.45) is 5.92 Å². The first-order chi connectivity index (χ1) is 21.3. The van der Waals surface area contributed by atoms with Crippen LogP contribution in [0.2, 0.25) is 0 Å². The van der Waals surface area contributed by atoms with Crippen molar-refractivity contribution < 1.29 is 9.53 Å². The molecule has 0 aliphatic carbocycles. The second kappa shape index (κ2) is 13.2. The maximum atomic E-state index is 12.8. The van der Waals surface area contributed by atoms with Crippen LogP contribution in [0.15, 0.2) is 66.7 Å². The first kappa shape index (κ1) is 29.9. The maximum Gasteiger partial charge on any atom is 0.410 e. The molecule has 0 saturated carbocycles. The van der Waals surface area contributed by atoms with Gasteiger partial charge in [-0.1, -0.05) is 67.6 Å². The summed E-state index contributed by atoms with van der Waals surface area (Å²) < 4.78 is 5.62. The molecule has 44 heavy (non-hydrogen) atoms. The summed E-state index contributed by atoms with van der Waals surface area (Å²) in [5, 5.41) is 2.56. The molecule has 2 aliphatic rings. The van der Waals surface area contributed by atoms with Gasteiger partial charge in [0, 0.05) is 62.3 Å². The Kier molecular flexibility index (Phi) is 8.98. The minimum Gasteiger partial charge on any atom is -0.445 e. The number of rotatable bonds is 8. The molecule has 1 fully saturated rings. The fourth-order valence-electron chi connectivity index (χ4n) is 6.63. The number of carbonyl (C=O) groups excluding carboxylic acids is 1. The quantitative estimate of drug-likeness (QED) is 0.260. The summed E-state index contributed by atoms with van der Waals surface area (Å²) in [6.45, 7) is 10.1. The fourth-order valence-corrected chi connectivity index (χ4v) is 6.63. The number of piperazine rings is 1. The lowest BCUT2D eigenvalue weighted by atomic mass is 9.99. The van der Waals surface area contributed by atoms with Gasteiger partial charge in [0.2, 0.25) is 0 Å². The highest BCUT2D eigenvalue weighted by molar-refractivity contribution is 5.95. The molecule has 0 unspecified atom stereocenters. The maximum absolute atomic E-state index is 12.8. The predicted molar refractivity (Wildman–Crippen MR) is 177 cm³/mol. The molecule has 3 aromatic carbocycles. The number of aryl methyl sites for hydroxylation is 1. The van der Waals surface area contributed by atoms with Crippen LogP contribution in [0.25, 0.3) is 10.8 Å². The molecule has 3 heterocycles. The molecule has 8 nitrogen and oxygen atoms in total. The van der Waals surface area contributed by atoms with Gasteiger partial charge in [-0.15, -0.1) is 0 Å². The number of aromatic nitrogens is 2. The molecular weight excluding hydrogens is 548 g/mol. The second-order valence-electron chi connectivity index (χ2n) is 12.7. The molecule has 0 radical (unpaired) electrons. The Bertz CT molecular complexity index is 1600. The van der Waals surface area contributed by atoms with Crippen molar-refractivity contribution in [1.82, 2.24) is 19.8 Å². The fraction of sp³-hybridized carbons (Fsp3) is 0.417. The smallest absolute Gasteiger partial charge is 0.410 e. The third-order valence-corrected chi connectivity index (χ3v) is 8.66. The highest BCUT2D eigenvalue weighted by Crippen LogP contribution is 2.34. The van der Waals surface area contributed by atoms with Crippen LogP contribution < -0.4 is 9.80 Å². The molecular formula is C36H44N6O2. The van der Waals surface area contributed by atoms with Crippen LogP contribution in [-0.4, -0.2) is 79.2 Å². The van der Waals surface area contributed by atoms with Gasteiger partial charge in [-0.3, -0.25) is 0 Å². The molecule has 230 valence electrons. The molecule has 1 amide bonds. The van der Waals surface area contributed by atoms with E-state index in [0.29, 0.717) is 25.6 Å². The van der Waals surface area contributed by atoms with Crippen LogP contribution in [0.4, 0.5) is 16.3 Å². The second-order valence-corrected chi connectivity index (χ2v) is 12.7. The van der Waals surface area contributed by atoms with E-state index >= 15 is 0 Å². The van der Waals surface area contributed by atoms with Crippen LogP contribution in [0.1, 0.15) is 35.1 Å². The number of nitrogens with zero attached hydrogens (tertiary/aromatic N) is 6. The lowest BCUT2D eigenvalue weighted by Gasteiger charge is -2.38. The number of benzene rings is 3. The van der Waals surface area contributed by atoms with Crippen molar-refractivity contribution in [3.63, 3.8) is 0 Å². The Morgan fingerprint density at radius 2 is 1.68 bits per heavy atom. The number of fused-ring (bicyclic) bond motifs is 2. The molecule has 4 aromatic rings. The number of ether oxygens (including phenoxy) is 1. The normalized spacial score (nSPS) is 15.9. The molecule has 6 rings (SSSR count). The Balaban J connectivity index is 1.22. The molecule has 0 spiro atoms. The zero-order valence-corrected chi connectivity index (χ0v) is 26.5. The Labute approximate surface area is 261 Å². The van der Waals surface area contributed by atoms with E-state index in [1.165, 1.54) is 27.6 Å². The largest absolute Gasteiger partial charge is 0.445 e. The van der Waals surface area contributed by atoms with Gasteiger partial charge in [0.15, 0.2) is 0 Å². The zero-order valence-electron chi connectivity index (χ0n) is 26.5. The number of hydrogen-bond donors (Lipinski definition) is 0. The third-order valence-electron chi connectivity index (χ3n) is 8.66. The van der Waals surface area contributed by atoms with Gasteiger partial charge in [0.05, 0.1) is 12.2 Å². The van der Waals surface area contributed by atoms with E-state index in [2.05, 4.69) is 79.0 Å². The van der Waals surface area contributed by atoms with E-state index < -0.39 is 0 Å². The van der Waals surface area contributed by atoms with Gasteiger partial charge >= 0.3 is 6.09 Å². The van der Waals surface area contributed by atoms with Crippen molar-refractivity contribution in [3.05, 3.63) is 94.9 Å². The molecule has 0 bridgehead atoms. The molecule has 1 atom stereocenters. The standard InChI is InChI=1S/C36H44N6O2/c1-26-20-29-12-8-9-13-30(29)33(21-26)42-15-14-31-32(24-42)37-34(22-27(2)23-39(3)4)38-35(31)40-16-18-41(19-17-40)36(43)44-25-28-10-6-5-7-11-28/h5-13,20-21,27H,14-19,22-25H2,1-4H3/t27-/m1/s1. The zero-order chi connectivity index (χ0) is 30.6. The highest BCUT2D eigenvalue weighted by Gasteiger charge is 2.29. The molecule has 0 N–H and O–H groups in total. The topological polar surface area (TPSA) is 65.0 Å². The van der Waals surface area contributed by atoms with E-state index in [-0.39, 0.29) is 6.09 Å². The number of carbonyl (C=O) groups is 1. The van der Waals surface area contributed by atoms with E-state index in [9.17, 15) is 4.79 Å². The van der Waals surface area contributed by atoms with Gasteiger partial charge < -0.3 is 24.3 Å². The monoisotopic (exact) mass is 592 g/mol. The first-order valence-corrected chi connectivity index (χ1v) is 15.8. The summed E-state index contributed by atoms with van der Waals surface area (Å²) in [5.74, 6) is 2.40. The average Bonchev–Trinajstić information content (AvgIpc) is 3.02. The molecule has 8 heteroatoms. The van der Waals surface area contributed by atoms with Crippen LogP contribution in [0, 0.1) is 12.8 Å². The van der Waals surface area contributed by atoms with E-state index in [1.807, 2.05) is 35.2 Å². The van der Waals surface area contributed by atoms with E-state index in [1.54, 1.807) is 0 Å². The van der Waals surface area contributed by atoms with Gasteiger partial charge in [0.25, 0.3) is 0 Å². The Morgan fingerprint density at radius 3 is 2.45 bits per heavy atom. The summed E-state index contributed by atoms with van der Waals surface area (Å²) in [6.07, 6.45) is 1.47. The van der Waals surface area contributed by atoms with Gasteiger partial charge in [-0.05, 0) is 55.9 Å². The minimum absolute atomic E-state index is 0.252. The van der Waals surface area contributed by atoms with Crippen molar-refractivity contribution in [2.75, 3.05) is 63.2 Å². The number of anilines is 2. The molecule has 1 aromatic heterocycles. The van der Waals surface area contributed by atoms with Crippen molar-refractivity contribution in [1.29, 1.82) is 0 Å². The SMILES string of the molecule is Cc1cc(N2CCc3c(nc(C[C@@H](C)CN(C)C)nc3N3CCN(C(=O)OCc4ccccc4)CC3)C2)c2ccccc2c1. The van der Waals surface area contributed by atoms with Crippen LogP contribution in [0.3, 0.4) is 0 Å². The van der Waals surface area contributed by atoms with Crippen LogP contribution in [-0.2, 0) is 30.7 Å². The predicted octanol–water partition coefficient (Wildman–Crippen LogP) is 5.70. The Morgan fingerprint density at radius 1 is 0.932 bits per heavy atom. The lowest BCUT2D eigenvalue weighted by Crippen LogP contribution is -2.49. The summed E-state index contributed by atoms with van der Waals surface area (Å²) in [6, 6.07) is 23.1. The van der Waals surface area contributed by atoms with E-state index in [4.69, 9.17) is 14.7 Å². The van der Waals surface area contributed by atoms with Crippen molar-refractivity contribution in [2.45, 2.75) is 39.8 Å². The Hall–Kier alpha value is -4.17. The summed E-state index contributed by atoms with van der Waals surface area (Å²) in [4.78, 5) is 32.2. The van der Waals surface area contributed by atoms with Crippen LogP contribution in [0.5, 0.6) is 0 Å². The molecule has 1 saturated heterocycles. The van der Waals surface area contributed by atoms with Crippen LogP contribution >= 0.6 is 0 Å². The third kappa shape index (κ3) is 6.81. The number of hydrogen-bond acceptors (Lipinski definition) is 7. The summed E-state index contributed by atoms with van der Waals surface area (Å²) in [5.41, 5.74) is 5.92. The molecule has 2 aliphatic heterocycles. The van der Waals surface area contributed by atoms with Gasteiger partial charge in [-0.25, -0.2) is 14.8 Å². The minimum atomic E-state index is -0.252. The highest BCUT2D eigenvalue weighted by atomic mass is 16.6. The summed E-state index contributed by atoms with van der Waals surface area (Å²) in [7, 11) is 4.23. The average molecular weight is 593 g/mol. The van der Waals surface area contributed by atoms with Crippen molar-refractivity contribution in [3.8, 4) is 0 Å². The van der Waals surface area contributed by atoms with E-state index in [0.717, 1.165) is 68.5 Å². The van der Waals surface area contributed by atoms with Gasteiger partial charge in [-0.2, -0.15) is 0 Å². The van der Waals surface area contributed by atoms with Crippen molar-refractivity contribution >= 4 is 28.4 Å². The summed E-state index contributed by atoms with van der Waals surface area (Å²) >= 11 is 0. The van der Waals surface area contributed by atoms with Gasteiger partial charge in [0.1, 0.15) is 18.2 Å². The number of amides is 1. The lowest BCUT2D eigenvalue weighted by molar-refractivity contribution is 0.0941. The first-order valence-electron chi connectivity index (χ1n) is 15.8.